The van der Waals surface area contributed by atoms with Gasteiger partial charge in [-0.05, 0) is 30.5 Å². The average Bonchev–Trinajstić information content (AvgIpc) is 3.29. The smallest absolute Gasteiger partial charge is 0.222 e. The SMILES string of the molecule is NCCCCC(=O)N(CCc1cnc[nH]1)CC(c1ccccc1)c1ccccc1. The Balaban J connectivity index is 1.80. The highest BCUT2D eigenvalue weighted by atomic mass is 16.2. The number of H-pyrrole nitrogens is 1. The molecule has 3 aromatic rings. The zero-order valence-corrected chi connectivity index (χ0v) is 16.8. The van der Waals surface area contributed by atoms with Crippen molar-refractivity contribution >= 4 is 5.91 Å². The van der Waals surface area contributed by atoms with Crippen LogP contribution in [0.2, 0.25) is 0 Å². The Morgan fingerprint density at radius 3 is 2.21 bits per heavy atom. The molecule has 3 rings (SSSR count). The van der Waals surface area contributed by atoms with Gasteiger partial charge in [0.05, 0.1) is 6.33 Å². The Hall–Kier alpha value is -2.92. The maximum absolute atomic E-state index is 13.0. The molecular formula is C24H30N4O. The summed E-state index contributed by atoms with van der Waals surface area (Å²) in [5, 5.41) is 0. The summed E-state index contributed by atoms with van der Waals surface area (Å²) in [6.07, 6.45) is 6.51. The van der Waals surface area contributed by atoms with E-state index in [9.17, 15) is 4.79 Å². The molecular weight excluding hydrogens is 360 g/mol. The Kier molecular flexibility index (Phi) is 8.01. The molecule has 5 nitrogen and oxygen atoms in total. The standard InChI is InChI=1S/C24H30N4O/c25-15-8-7-13-24(29)28(16-14-22-17-26-19-27-22)18-23(20-9-3-1-4-10-20)21-11-5-2-6-12-21/h1-6,9-12,17,19,23H,7-8,13-16,18,25H2,(H,26,27). The number of benzene rings is 2. The molecule has 1 amide bonds. The normalized spacial score (nSPS) is 11.0. The average molecular weight is 391 g/mol. The van der Waals surface area contributed by atoms with Gasteiger partial charge in [0.2, 0.25) is 5.91 Å². The quantitative estimate of drug-likeness (QED) is 0.490. The van der Waals surface area contributed by atoms with Crippen molar-refractivity contribution in [2.24, 2.45) is 5.73 Å². The number of amides is 1. The molecule has 0 saturated carbocycles. The van der Waals surface area contributed by atoms with Gasteiger partial charge in [-0.25, -0.2) is 4.98 Å². The summed E-state index contributed by atoms with van der Waals surface area (Å²) >= 11 is 0. The van der Waals surface area contributed by atoms with Gasteiger partial charge in [0.25, 0.3) is 0 Å². The van der Waals surface area contributed by atoms with Crippen molar-refractivity contribution in [1.82, 2.24) is 14.9 Å². The number of aromatic nitrogens is 2. The maximum Gasteiger partial charge on any atom is 0.222 e. The molecule has 0 spiro atoms. The monoisotopic (exact) mass is 390 g/mol. The van der Waals surface area contributed by atoms with E-state index in [2.05, 4.69) is 58.5 Å². The van der Waals surface area contributed by atoms with Crippen LogP contribution in [0.1, 0.15) is 42.0 Å². The van der Waals surface area contributed by atoms with Crippen molar-refractivity contribution in [3.8, 4) is 0 Å². The molecule has 0 aliphatic heterocycles. The molecule has 3 N–H and O–H groups in total. The Morgan fingerprint density at radius 2 is 1.66 bits per heavy atom. The molecule has 5 heteroatoms. The summed E-state index contributed by atoms with van der Waals surface area (Å²) in [6, 6.07) is 20.9. The zero-order valence-electron chi connectivity index (χ0n) is 16.8. The largest absolute Gasteiger partial charge is 0.348 e. The summed E-state index contributed by atoms with van der Waals surface area (Å²) in [5.74, 6) is 0.326. The van der Waals surface area contributed by atoms with Gasteiger partial charge in [0.15, 0.2) is 0 Å². The minimum atomic E-state index is 0.137. The first-order valence-corrected chi connectivity index (χ1v) is 10.3. The highest BCUT2D eigenvalue weighted by Crippen LogP contribution is 2.26. The minimum Gasteiger partial charge on any atom is -0.348 e. The van der Waals surface area contributed by atoms with E-state index in [1.807, 2.05) is 23.2 Å². The van der Waals surface area contributed by atoms with Gasteiger partial charge in [-0.1, -0.05) is 60.7 Å². The van der Waals surface area contributed by atoms with Crippen LogP contribution in [0, 0.1) is 0 Å². The van der Waals surface area contributed by atoms with Crippen LogP contribution < -0.4 is 5.73 Å². The zero-order chi connectivity index (χ0) is 20.3. The lowest BCUT2D eigenvalue weighted by Crippen LogP contribution is -2.36. The molecule has 29 heavy (non-hydrogen) atoms. The van der Waals surface area contributed by atoms with Crippen LogP contribution in [-0.2, 0) is 11.2 Å². The molecule has 1 heterocycles. The van der Waals surface area contributed by atoms with Crippen molar-refractivity contribution in [1.29, 1.82) is 0 Å². The molecule has 2 aromatic carbocycles. The van der Waals surface area contributed by atoms with Gasteiger partial charge in [-0.3, -0.25) is 4.79 Å². The van der Waals surface area contributed by atoms with Crippen LogP contribution in [0.25, 0.3) is 0 Å². The summed E-state index contributed by atoms with van der Waals surface area (Å²) in [7, 11) is 0. The Bertz CT molecular complexity index is 794. The number of carbonyl (C=O) groups is 1. The Morgan fingerprint density at radius 1 is 1.00 bits per heavy atom. The number of nitrogens with zero attached hydrogens (tertiary/aromatic N) is 2. The lowest BCUT2D eigenvalue weighted by molar-refractivity contribution is -0.131. The van der Waals surface area contributed by atoms with Crippen molar-refractivity contribution in [2.75, 3.05) is 19.6 Å². The van der Waals surface area contributed by atoms with Crippen molar-refractivity contribution in [3.05, 3.63) is 90.0 Å². The van der Waals surface area contributed by atoms with E-state index in [0.29, 0.717) is 26.1 Å². The van der Waals surface area contributed by atoms with Crippen LogP contribution in [-0.4, -0.2) is 40.4 Å². The second-order valence-electron chi connectivity index (χ2n) is 7.29. The van der Waals surface area contributed by atoms with Gasteiger partial charge in [-0.15, -0.1) is 0 Å². The van der Waals surface area contributed by atoms with Crippen LogP contribution >= 0.6 is 0 Å². The molecule has 0 radical (unpaired) electrons. The fourth-order valence-corrected chi connectivity index (χ4v) is 3.57. The lowest BCUT2D eigenvalue weighted by atomic mass is 9.90. The molecule has 0 unspecified atom stereocenters. The number of hydrogen-bond donors (Lipinski definition) is 2. The summed E-state index contributed by atoms with van der Waals surface area (Å²) in [5.41, 5.74) is 9.10. The van der Waals surface area contributed by atoms with Gasteiger partial charge in [0.1, 0.15) is 0 Å². The third kappa shape index (κ3) is 6.29. The number of nitrogens with two attached hydrogens (primary N) is 1. The van der Waals surface area contributed by atoms with Gasteiger partial charge in [0, 0.05) is 43.7 Å². The molecule has 152 valence electrons. The van der Waals surface area contributed by atoms with Gasteiger partial charge < -0.3 is 15.6 Å². The molecule has 0 saturated heterocycles. The van der Waals surface area contributed by atoms with Crippen molar-refractivity contribution in [3.63, 3.8) is 0 Å². The summed E-state index contributed by atoms with van der Waals surface area (Å²) in [6.45, 7) is 1.95. The van der Waals surface area contributed by atoms with Gasteiger partial charge >= 0.3 is 0 Å². The number of hydrogen-bond acceptors (Lipinski definition) is 3. The summed E-state index contributed by atoms with van der Waals surface area (Å²) < 4.78 is 0. The molecule has 1 aromatic heterocycles. The number of carbonyl (C=O) groups excluding carboxylic acids is 1. The molecule has 0 bridgehead atoms. The fraction of sp³-hybridized carbons (Fsp3) is 0.333. The van der Waals surface area contributed by atoms with E-state index in [0.717, 1.165) is 25.0 Å². The van der Waals surface area contributed by atoms with E-state index < -0.39 is 0 Å². The second-order valence-corrected chi connectivity index (χ2v) is 7.29. The number of unbranched alkanes of at least 4 members (excludes halogenated alkanes) is 1. The second kappa shape index (κ2) is 11.2. The highest BCUT2D eigenvalue weighted by Gasteiger charge is 2.21. The highest BCUT2D eigenvalue weighted by molar-refractivity contribution is 5.76. The first-order valence-electron chi connectivity index (χ1n) is 10.3. The van der Waals surface area contributed by atoms with E-state index in [1.54, 1.807) is 6.33 Å². The van der Waals surface area contributed by atoms with Gasteiger partial charge in [-0.2, -0.15) is 0 Å². The number of rotatable bonds is 11. The molecule has 0 atom stereocenters. The third-order valence-electron chi connectivity index (χ3n) is 5.21. The topological polar surface area (TPSA) is 75.0 Å². The van der Waals surface area contributed by atoms with Crippen LogP contribution in [0.15, 0.2) is 73.2 Å². The Labute approximate surface area is 173 Å². The van der Waals surface area contributed by atoms with Crippen LogP contribution in [0.5, 0.6) is 0 Å². The van der Waals surface area contributed by atoms with E-state index in [-0.39, 0.29) is 11.8 Å². The first kappa shape index (κ1) is 20.8. The van der Waals surface area contributed by atoms with E-state index in [1.165, 1.54) is 11.1 Å². The van der Waals surface area contributed by atoms with Crippen LogP contribution in [0.4, 0.5) is 0 Å². The van der Waals surface area contributed by atoms with Crippen molar-refractivity contribution in [2.45, 2.75) is 31.6 Å². The number of aromatic amines is 1. The molecule has 0 aliphatic carbocycles. The van der Waals surface area contributed by atoms with E-state index >= 15 is 0 Å². The maximum atomic E-state index is 13.0. The summed E-state index contributed by atoms with van der Waals surface area (Å²) in [4.78, 5) is 22.3. The van der Waals surface area contributed by atoms with E-state index in [4.69, 9.17) is 5.73 Å². The minimum absolute atomic E-state index is 0.137. The predicted octanol–water partition coefficient (Wildman–Crippen LogP) is 3.74. The number of imidazole rings is 1. The predicted molar refractivity (Wildman–Crippen MR) is 117 cm³/mol. The molecule has 0 fully saturated rings. The first-order chi connectivity index (χ1) is 14.3. The lowest BCUT2D eigenvalue weighted by Gasteiger charge is -2.28. The van der Waals surface area contributed by atoms with Crippen LogP contribution in [0.3, 0.4) is 0 Å². The fourth-order valence-electron chi connectivity index (χ4n) is 3.57. The molecule has 0 aliphatic rings. The number of nitrogens with one attached hydrogen (secondary N) is 1. The third-order valence-corrected chi connectivity index (χ3v) is 5.21. The van der Waals surface area contributed by atoms with Crippen molar-refractivity contribution < 1.29 is 4.79 Å².